The van der Waals surface area contributed by atoms with Gasteiger partial charge in [0, 0.05) is 45.0 Å². The van der Waals surface area contributed by atoms with E-state index in [9.17, 15) is 18.0 Å². The highest BCUT2D eigenvalue weighted by Crippen LogP contribution is 2.27. The molecule has 25 heavy (non-hydrogen) atoms. The molecule has 10 heteroatoms. The zero-order chi connectivity index (χ0) is 17.9. The minimum absolute atomic E-state index is 0.138. The maximum atomic E-state index is 12.5. The van der Waals surface area contributed by atoms with Crippen molar-refractivity contribution >= 4 is 5.82 Å². The molecule has 0 bridgehead atoms. The zero-order valence-corrected chi connectivity index (χ0v) is 13.4. The third-order valence-corrected chi connectivity index (χ3v) is 4.05. The molecule has 2 aromatic rings. The van der Waals surface area contributed by atoms with Gasteiger partial charge in [-0.05, 0) is 18.2 Å². The second kappa shape index (κ2) is 7.18. The molecule has 0 saturated carbocycles. The second-order valence-corrected chi connectivity index (χ2v) is 5.69. The van der Waals surface area contributed by atoms with Gasteiger partial charge in [-0.15, -0.1) is 10.2 Å². The van der Waals surface area contributed by atoms with Crippen LogP contribution in [0.5, 0.6) is 0 Å². The van der Waals surface area contributed by atoms with Gasteiger partial charge in [0.25, 0.3) is 5.56 Å². The van der Waals surface area contributed by atoms with Gasteiger partial charge in [0.05, 0.1) is 6.54 Å². The predicted octanol–water partition coefficient (Wildman–Crippen LogP) is 0.874. The highest BCUT2D eigenvalue weighted by atomic mass is 19.4. The molecule has 3 rings (SSSR count). The van der Waals surface area contributed by atoms with Gasteiger partial charge in [-0.1, -0.05) is 0 Å². The minimum atomic E-state index is -4.48. The molecule has 134 valence electrons. The molecule has 0 radical (unpaired) electrons. The summed E-state index contributed by atoms with van der Waals surface area (Å²) >= 11 is 0. The SMILES string of the molecule is O=c1cccnn1CCN1CCN(c2ccc(C(F)(F)F)nn2)CC1. The lowest BCUT2D eigenvalue weighted by Crippen LogP contribution is -2.48. The summed E-state index contributed by atoms with van der Waals surface area (Å²) in [5.74, 6) is 0.439. The normalized spacial score (nSPS) is 16.2. The number of anilines is 1. The number of halogens is 3. The topological polar surface area (TPSA) is 67.2 Å². The average Bonchev–Trinajstić information content (AvgIpc) is 2.61. The van der Waals surface area contributed by atoms with Crippen molar-refractivity contribution in [3.63, 3.8) is 0 Å². The molecule has 0 atom stereocenters. The highest BCUT2D eigenvalue weighted by Gasteiger charge is 2.33. The fourth-order valence-corrected chi connectivity index (χ4v) is 2.64. The number of rotatable bonds is 4. The number of hydrogen-bond acceptors (Lipinski definition) is 6. The Kier molecular flexibility index (Phi) is 4.98. The number of nitrogens with zero attached hydrogens (tertiary/aromatic N) is 6. The monoisotopic (exact) mass is 354 g/mol. The molecule has 2 aromatic heterocycles. The zero-order valence-electron chi connectivity index (χ0n) is 13.4. The van der Waals surface area contributed by atoms with E-state index in [2.05, 4.69) is 20.2 Å². The van der Waals surface area contributed by atoms with E-state index < -0.39 is 11.9 Å². The van der Waals surface area contributed by atoms with Crippen LogP contribution in [0.3, 0.4) is 0 Å². The predicted molar refractivity (Wildman–Crippen MR) is 84.2 cm³/mol. The van der Waals surface area contributed by atoms with E-state index in [1.165, 1.54) is 16.8 Å². The first-order valence-electron chi connectivity index (χ1n) is 7.84. The fourth-order valence-electron chi connectivity index (χ4n) is 2.64. The Balaban J connectivity index is 1.52. The van der Waals surface area contributed by atoms with Gasteiger partial charge in [0.1, 0.15) is 0 Å². The largest absolute Gasteiger partial charge is 0.435 e. The Morgan fingerprint density at radius 3 is 2.36 bits per heavy atom. The van der Waals surface area contributed by atoms with Gasteiger partial charge >= 0.3 is 6.18 Å². The van der Waals surface area contributed by atoms with Gasteiger partial charge in [-0.25, -0.2) is 4.68 Å². The van der Waals surface area contributed by atoms with Gasteiger partial charge in [-0.2, -0.15) is 18.3 Å². The lowest BCUT2D eigenvalue weighted by Gasteiger charge is -2.35. The van der Waals surface area contributed by atoms with Crippen molar-refractivity contribution in [2.75, 3.05) is 37.6 Å². The molecule has 0 amide bonds. The third kappa shape index (κ3) is 4.32. The van der Waals surface area contributed by atoms with E-state index in [4.69, 9.17) is 0 Å². The number of hydrogen-bond donors (Lipinski definition) is 0. The molecule has 3 heterocycles. The van der Waals surface area contributed by atoms with Crippen molar-refractivity contribution in [3.05, 3.63) is 46.5 Å². The molecule has 0 unspecified atom stereocenters. The highest BCUT2D eigenvalue weighted by molar-refractivity contribution is 5.38. The molecule has 1 aliphatic rings. The lowest BCUT2D eigenvalue weighted by atomic mass is 10.3. The molecule has 1 saturated heterocycles. The Bertz CT molecular complexity index is 753. The van der Waals surface area contributed by atoms with Gasteiger partial charge < -0.3 is 4.90 Å². The van der Waals surface area contributed by atoms with Crippen LogP contribution in [0.15, 0.2) is 35.3 Å². The molecule has 0 N–H and O–H groups in total. The van der Waals surface area contributed by atoms with Crippen LogP contribution in [0, 0.1) is 0 Å². The molecular weight excluding hydrogens is 337 g/mol. The van der Waals surface area contributed by atoms with Crippen LogP contribution in [-0.4, -0.2) is 57.6 Å². The van der Waals surface area contributed by atoms with Crippen molar-refractivity contribution in [1.82, 2.24) is 24.9 Å². The Hall–Kier alpha value is -2.49. The molecule has 1 aliphatic heterocycles. The molecule has 0 aliphatic carbocycles. The van der Waals surface area contributed by atoms with E-state index in [-0.39, 0.29) is 5.56 Å². The Morgan fingerprint density at radius 2 is 1.76 bits per heavy atom. The van der Waals surface area contributed by atoms with Crippen molar-refractivity contribution < 1.29 is 13.2 Å². The van der Waals surface area contributed by atoms with E-state index >= 15 is 0 Å². The summed E-state index contributed by atoms with van der Waals surface area (Å²) in [6.07, 6.45) is -2.91. The smallest absolute Gasteiger partial charge is 0.353 e. The van der Waals surface area contributed by atoms with Crippen LogP contribution in [-0.2, 0) is 12.7 Å². The van der Waals surface area contributed by atoms with Crippen molar-refractivity contribution in [1.29, 1.82) is 0 Å². The van der Waals surface area contributed by atoms with Crippen LogP contribution < -0.4 is 10.5 Å². The summed E-state index contributed by atoms with van der Waals surface area (Å²) in [5.41, 5.74) is -1.13. The summed E-state index contributed by atoms with van der Waals surface area (Å²) < 4.78 is 39.0. The molecular formula is C15H17F3N6O. The number of piperazine rings is 1. The van der Waals surface area contributed by atoms with E-state index in [0.29, 0.717) is 32.0 Å². The summed E-state index contributed by atoms with van der Waals surface area (Å²) in [4.78, 5) is 15.7. The van der Waals surface area contributed by atoms with Crippen molar-refractivity contribution in [3.8, 4) is 0 Å². The van der Waals surface area contributed by atoms with E-state index in [1.54, 1.807) is 12.3 Å². The second-order valence-electron chi connectivity index (χ2n) is 5.69. The van der Waals surface area contributed by atoms with Crippen LogP contribution in [0.25, 0.3) is 0 Å². The first-order chi connectivity index (χ1) is 11.9. The van der Waals surface area contributed by atoms with Crippen molar-refractivity contribution in [2.45, 2.75) is 12.7 Å². The summed E-state index contributed by atoms with van der Waals surface area (Å²) in [6.45, 7) is 3.91. The van der Waals surface area contributed by atoms with Crippen LogP contribution in [0.2, 0.25) is 0 Å². The maximum Gasteiger partial charge on any atom is 0.435 e. The first kappa shape index (κ1) is 17.3. The third-order valence-electron chi connectivity index (χ3n) is 4.05. The standard InChI is InChI=1S/C15H17F3N6O/c16-15(17,18)12-3-4-13(21-20-12)23-9-6-22(7-10-23)8-11-24-14(25)2-1-5-19-24/h1-5H,6-11H2. The van der Waals surface area contributed by atoms with Crippen LogP contribution >= 0.6 is 0 Å². The van der Waals surface area contributed by atoms with Gasteiger partial charge in [0.15, 0.2) is 11.5 Å². The van der Waals surface area contributed by atoms with E-state index in [0.717, 1.165) is 19.2 Å². The minimum Gasteiger partial charge on any atom is -0.353 e. The van der Waals surface area contributed by atoms with Gasteiger partial charge in [0.2, 0.25) is 0 Å². The Labute approximate surface area is 141 Å². The molecule has 0 spiro atoms. The average molecular weight is 354 g/mol. The number of aromatic nitrogens is 4. The molecule has 0 aromatic carbocycles. The summed E-state index contributed by atoms with van der Waals surface area (Å²) in [6, 6.07) is 5.36. The first-order valence-corrected chi connectivity index (χ1v) is 7.84. The Morgan fingerprint density at radius 1 is 1.00 bits per heavy atom. The van der Waals surface area contributed by atoms with Crippen LogP contribution in [0.4, 0.5) is 19.0 Å². The summed E-state index contributed by atoms with van der Waals surface area (Å²) in [7, 11) is 0. The quantitative estimate of drug-likeness (QED) is 0.812. The van der Waals surface area contributed by atoms with Gasteiger partial charge in [-0.3, -0.25) is 9.69 Å². The summed E-state index contributed by atoms with van der Waals surface area (Å²) in [5, 5.41) is 10.9. The molecule has 1 fully saturated rings. The number of alkyl halides is 3. The van der Waals surface area contributed by atoms with Crippen molar-refractivity contribution in [2.24, 2.45) is 0 Å². The van der Waals surface area contributed by atoms with E-state index in [1.807, 2.05) is 4.90 Å². The lowest BCUT2D eigenvalue weighted by molar-refractivity contribution is -0.141. The van der Waals surface area contributed by atoms with Crippen LogP contribution in [0.1, 0.15) is 5.69 Å². The maximum absolute atomic E-state index is 12.5. The molecule has 7 nitrogen and oxygen atoms in total. The fraction of sp³-hybridized carbons (Fsp3) is 0.467.